The van der Waals surface area contributed by atoms with Gasteiger partial charge in [0.25, 0.3) is 0 Å². The molecule has 1 aromatic heterocycles. The van der Waals surface area contributed by atoms with E-state index in [2.05, 4.69) is 11.8 Å². The van der Waals surface area contributed by atoms with Gasteiger partial charge < -0.3 is 9.47 Å². The monoisotopic (exact) mass is 261 g/mol. The molecule has 0 aliphatic rings. The normalized spacial score (nSPS) is 12.0. The first-order chi connectivity index (χ1) is 7.98. The SMILES string of the molecule is [CH2]OCc1cc2cc(OC(F)(F)F)ccc2s1. The van der Waals surface area contributed by atoms with Crippen molar-refractivity contribution in [3.05, 3.63) is 36.3 Å². The summed E-state index contributed by atoms with van der Waals surface area (Å²) in [5.41, 5.74) is 0. The summed E-state index contributed by atoms with van der Waals surface area (Å²) in [6.45, 7) is 0.342. The van der Waals surface area contributed by atoms with E-state index >= 15 is 0 Å². The first-order valence-corrected chi connectivity index (χ1v) is 5.45. The predicted octanol–water partition coefficient (Wildman–Crippen LogP) is 4.11. The number of ether oxygens (including phenoxy) is 2. The Morgan fingerprint density at radius 3 is 2.65 bits per heavy atom. The van der Waals surface area contributed by atoms with Gasteiger partial charge in [-0.05, 0) is 29.7 Å². The third kappa shape index (κ3) is 3.10. The average Bonchev–Trinajstić information content (AvgIpc) is 2.57. The maximum atomic E-state index is 12.0. The number of fused-ring (bicyclic) bond motifs is 1. The first-order valence-electron chi connectivity index (χ1n) is 4.63. The van der Waals surface area contributed by atoms with E-state index in [1.807, 2.05) is 0 Å². The lowest BCUT2D eigenvalue weighted by Crippen LogP contribution is -2.16. The summed E-state index contributed by atoms with van der Waals surface area (Å²) >= 11 is 1.45. The van der Waals surface area contributed by atoms with Gasteiger partial charge in [0.05, 0.1) is 13.7 Å². The van der Waals surface area contributed by atoms with Crippen LogP contribution in [0.2, 0.25) is 0 Å². The lowest BCUT2D eigenvalue weighted by atomic mass is 10.2. The minimum absolute atomic E-state index is 0.218. The number of thiophene rings is 1. The van der Waals surface area contributed by atoms with Crippen LogP contribution in [0.3, 0.4) is 0 Å². The van der Waals surface area contributed by atoms with Crippen molar-refractivity contribution >= 4 is 21.4 Å². The Hall–Kier alpha value is -1.27. The van der Waals surface area contributed by atoms with Crippen molar-refractivity contribution in [3.8, 4) is 5.75 Å². The summed E-state index contributed by atoms with van der Waals surface area (Å²) in [5.74, 6) is -0.218. The Morgan fingerprint density at radius 1 is 1.24 bits per heavy atom. The third-order valence-corrected chi connectivity index (χ3v) is 3.11. The number of alkyl halides is 3. The molecule has 2 rings (SSSR count). The molecule has 17 heavy (non-hydrogen) atoms. The molecule has 0 saturated carbocycles. The lowest BCUT2D eigenvalue weighted by molar-refractivity contribution is -0.274. The summed E-state index contributed by atoms with van der Waals surface area (Å²) < 4.78 is 45.5. The average molecular weight is 261 g/mol. The Kier molecular flexibility index (Phi) is 3.26. The highest BCUT2D eigenvalue weighted by Gasteiger charge is 2.31. The first kappa shape index (κ1) is 12.2. The van der Waals surface area contributed by atoms with Gasteiger partial charge in [0, 0.05) is 9.58 Å². The van der Waals surface area contributed by atoms with E-state index in [0.717, 1.165) is 9.58 Å². The van der Waals surface area contributed by atoms with Crippen molar-refractivity contribution in [2.75, 3.05) is 0 Å². The zero-order valence-electron chi connectivity index (χ0n) is 8.58. The zero-order chi connectivity index (χ0) is 12.5. The molecule has 0 aliphatic carbocycles. The van der Waals surface area contributed by atoms with Crippen LogP contribution < -0.4 is 4.74 Å². The molecule has 0 amide bonds. The summed E-state index contributed by atoms with van der Waals surface area (Å²) in [7, 11) is 3.25. The molecule has 6 heteroatoms. The zero-order valence-corrected chi connectivity index (χ0v) is 9.40. The lowest BCUT2D eigenvalue weighted by Gasteiger charge is -2.08. The van der Waals surface area contributed by atoms with E-state index in [1.54, 1.807) is 12.1 Å². The predicted molar refractivity (Wildman–Crippen MR) is 58.7 cm³/mol. The van der Waals surface area contributed by atoms with Crippen molar-refractivity contribution in [3.63, 3.8) is 0 Å². The van der Waals surface area contributed by atoms with Crippen LogP contribution in [0, 0.1) is 7.11 Å². The van der Waals surface area contributed by atoms with Crippen LogP contribution >= 0.6 is 11.3 Å². The fourth-order valence-electron chi connectivity index (χ4n) is 1.45. The molecule has 1 heterocycles. The van der Waals surface area contributed by atoms with Crippen LogP contribution in [-0.4, -0.2) is 6.36 Å². The smallest absolute Gasteiger partial charge is 0.406 e. The van der Waals surface area contributed by atoms with Crippen LogP contribution in [0.5, 0.6) is 5.75 Å². The molecule has 0 atom stereocenters. The molecule has 0 N–H and O–H groups in total. The standard InChI is InChI=1S/C11H8F3O2S/c1-15-6-9-5-7-4-8(16-11(12,13)14)2-3-10(7)17-9/h2-5H,1,6H2. The summed E-state index contributed by atoms with van der Waals surface area (Å²) in [6, 6.07) is 6.00. The number of benzene rings is 1. The second kappa shape index (κ2) is 4.54. The van der Waals surface area contributed by atoms with Gasteiger partial charge in [0.1, 0.15) is 5.75 Å². The van der Waals surface area contributed by atoms with Gasteiger partial charge in [-0.1, -0.05) is 0 Å². The molecule has 0 fully saturated rings. The third-order valence-electron chi connectivity index (χ3n) is 2.02. The molecule has 1 radical (unpaired) electrons. The van der Waals surface area contributed by atoms with E-state index in [0.29, 0.717) is 12.0 Å². The van der Waals surface area contributed by atoms with Crippen molar-refractivity contribution in [1.82, 2.24) is 0 Å². The Balaban J connectivity index is 2.30. The van der Waals surface area contributed by atoms with Crippen LogP contribution in [0.4, 0.5) is 13.2 Å². The highest BCUT2D eigenvalue weighted by molar-refractivity contribution is 7.19. The molecule has 2 aromatic rings. The van der Waals surface area contributed by atoms with Gasteiger partial charge in [0.15, 0.2) is 0 Å². The van der Waals surface area contributed by atoms with Gasteiger partial charge in [-0.3, -0.25) is 0 Å². The van der Waals surface area contributed by atoms with Crippen LogP contribution in [0.25, 0.3) is 10.1 Å². The number of rotatable bonds is 3. The van der Waals surface area contributed by atoms with Crippen molar-refractivity contribution in [2.45, 2.75) is 13.0 Å². The molecule has 91 valence electrons. The molecule has 0 unspecified atom stereocenters. The van der Waals surface area contributed by atoms with Crippen molar-refractivity contribution in [1.29, 1.82) is 0 Å². The van der Waals surface area contributed by atoms with Gasteiger partial charge in [0.2, 0.25) is 0 Å². The highest BCUT2D eigenvalue weighted by Crippen LogP contribution is 2.31. The molecule has 0 bridgehead atoms. The topological polar surface area (TPSA) is 18.5 Å². The van der Waals surface area contributed by atoms with Gasteiger partial charge in [-0.15, -0.1) is 24.5 Å². The van der Waals surface area contributed by atoms with Crippen molar-refractivity contribution < 1.29 is 22.6 Å². The maximum absolute atomic E-state index is 12.0. The maximum Gasteiger partial charge on any atom is 0.573 e. The van der Waals surface area contributed by atoms with E-state index in [4.69, 9.17) is 4.74 Å². The second-order valence-corrected chi connectivity index (χ2v) is 4.48. The van der Waals surface area contributed by atoms with Gasteiger partial charge in [-0.2, -0.15) is 0 Å². The van der Waals surface area contributed by atoms with Gasteiger partial charge >= 0.3 is 6.36 Å². The molecular weight excluding hydrogens is 253 g/mol. The van der Waals surface area contributed by atoms with Crippen LogP contribution in [0.15, 0.2) is 24.3 Å². The summed E-state index contributed by atoms with van der Waals surface area (Å²) in [6.07, 6.45) is -4.66. The number of halogens is 3. The number of hydrogen-bond acceptors (Lipinski definition) is 3. The molecule has 0 spiro atoms. The molecule has 0 aliphatic heterocycles. The van der Waals surface area contributed by atoms with E-state index < -0.39 is 6.36 Å². The van der Waals surface area contributed by atoms with E-state index in [9.17, 15) is 13.2 Å². The van der Waals surface area contributed by atoms with Crippen LogP contribution in [-0.2, 0) is 11.3 Å². The Morgan fingerprint density at radius 2 is 2.00 bits per heavy atom. The summed E-state index contributed by atoms with van der Waals surface area (Å²) in [4.78, 5) is 0.902. The van der Waals surface area contributed by atoms with Gasteiger partial charge in [-0.25, -0.2) is 0 Å². The quantitative estimate of drug-likeness (QED) is 0.827. The molecule has 1 aromatic carbocycles. The fraction of sp³-hybridized carbons (Fsp3) is 0.182. The van der Waals surface area contributed by atoms with E-state index in [-0.39, 0.29) is 5.75 Å². The molecule has 0 saturated heterocycles. The second-order valence-electron chi connectivity index (χ2n) is 3.31. The van der Waals surface area contributed by atoms with E-state index in [1.165, 1.54) is 23.5 Å². The summed E-state index contributed by atoms with van der Waals surface area (Å²) in [5, 5.41) is 0.698. The Bertz CT molecular complexity index is 519. The highest BCUT2D eigenvalue weighted by atomic mass is 32.1. The van der Waals surface area contributed by atoms with Crippen molar-refractivity contribution in [2.24, 2.45) is 0 Å². The largest absolute Gasteiger partial charge is 0.573 e. The number of hydrogen-bond donors (Lipinski definition) is 0. The minimum atomic E-state index is -4.66. The molecular formula is C11H8F3O2S. The van der Waals surface area contributed by atoms with Crippen LogP contribution in [0.1, 0.15) is 4.88 Å². The minimum Gasteiger partial charge on any atom is -0.406 e. The fourth-order valence-corrected chi connectivity index (χ4v) is 2.43. The Labute approximate surface area is 99.6 Å². The molecule has 2 nitrogen and oxygen atoms in total.